The molecular weight excluding hydrogens is 280 g/mol. The SMILES string of the molecule is CCCC(=O)Oc1ccccc1C(=O)c1ccccc1[C]=O. The van der Waals surface area contributed by atoms with Gasteiger partial charge in [0.2, 0.25) is 6.29 Å². The Labute approximate surface area is 128 Å². The predicted molar refractivity (Wildman–Crippen MR) is 81.7 cm³/mol. The first kappa shape index (κ1) is 15.6. The van der Waals surface area contributed by atoms with E-state index in [-0.39, 0.29) is 34.6 Å². The second-order valence-corrected chi connectivity index (χ2v) is 4.70. The summed E-state index contributed by atoms with van der Waals surface area (Å²) in [4.78, 5) is 35.2. The van der Waals surface area contributed by atoms with Gasteiger partial charge in [0.1, 0.15) is 5.75 Å². The van der Waals surface area contributed by atoms with Gasteiger partial charge >= 0.3 is 5.97 Å². The van der Waals surface area contributed by atoms with Crippen LogP contribution in [0.2, 0.25) is 0 Å². The highest BCUT2D eigenvalue weighted by molar-refractivity contribution is 6.14. The van der Waals surface area contributed by atoms with Crippen LogP contribution in [0.5, 0.6) is 5.75 Å². The molecule has 0 N–H and O–H groups in total. The molecule has 0 amide bonds. The Kier molecular flexibility index (Phi) is 5.20. The maximum Gasteiger partial charge on any atom is 0.311 e. The van der Waals surface area contributed by atoms with Gasteiger partial charge in [0.05, 0.1) is 5.56 Å². The van der Waals surface area contributed by atoms with Crippen molar-refractivity contribution in [3.05, 3.63) is 65.2 Å². The summed E-state index contributed by atoms with van der Waals surface area (Å²) in [5, 5.41) is 0. The summed E-state index contributed by atoms with van der Waals surface area (Å²) in [5.74, 6) is -0.566. The molecule has 0 aliphatic carbocycles. The van der Waals surface area contributed by atoms with E-state index in [1.165, 1.54) is 6.07 Å². The van der Waals surface area contributed by atoms with Crippen LogP contribution in [0.1, 0.15) is 41.3 Å². The Morgan fingerprint density at radius 3 is 2.32 bits per heavy atom. The van der Waals surface area contributed by atoms with Crippen molar-refractivity contribution in [2.45, 2.75) is 19.8 Å². The van der Waals surface area contributed by atoms with Gasteiger partial charge in [-0.25, -0.2) is 0 Å². The van der Waals surface area contributed by atoms with Gasteiger partial charge < -0.3 is 4.74 Å². The van der Waals surface area contributed by atoms with E-state index in [1.54, 1.807) is 48.8 Å². The standard InChI is InChI=1S/C18H15O4/c1-2-7-17(20)22-16-11-6-5-10-15(16)18(21)14-9-4-3-8-13(14)12-19/h3-6,8-11H,2,7H2,1H3. The first-order valence-electron chi connectivity index (χ1n) is 6.99. The van der Waals surface area contributed by atoms with Gasteiger partial charge in [0.25, 0.3) is 0 Å². The smallest absolute Gasteiger partial charge is 0.311 e. The average Bonchev–Trinajstić information content (AvgIpc) is 2.55. The summed E-state index contributed by atoms with van der Waals surface area (Å²) in [6.07, 6.45) is 2.69. The maximum atomic E-state index is 12.6. The van der Waals surface area contributed by atoms with Gasteiger partial charge in [-0.05, 0) is 18.6 Å². The van der Waals surface area contributed by atoms with E-state index in [2.05, 4.69) is 0 Å². The highest BCUT2D eigenvalue weighted by atomic mass is 16.5. The van der Waals surface area contributed by atoms with Crippen LogP contribution in [0, 0.1) is 0 Å². The summed E-state index contributed by atoms with van der Waals surface area (Å²) in [7, 11) is 0. The number of benzene rings is 2. The van der Waals surface area contributed by atoms with E-state index in [4.69, 9.17) is 4.74 Å². The largest absolute Gasteiger partial charge is 0.426 e. The summed E-state index contributed by atoms with van der Waals surface area (Å²) in [6, 6.07) is 12.9. The molecule has 0 fully saturated rings. The number of hydrogen-bond donors (Lipinski definition) is 0. The van der Waals surface area contributed by atoms with Crippen molar-refractivity contribution in [2.24, 2.45) is 0 Å². The number of rotatable bonds is 6. The van der Waals surface area contributed by atoms with Gasteiger partial charge in [-0.15, -0.1) is 0 Å². The third-order valence-corrected chi connectivity index (χ3v) is 3.09. The molecule has 0 bridgehead atoms. The monoisotopic (exact) mass is 295 g/mol. The average molecular weight is 295 g/mol. The van der Waals surface area contributed by atoms with Crippen LogP contribution < -0.4 is 4.74 Å². The third kappa shape index (κ3) is 3.47. The Hall–Kier alpha value is -2.75. The van der Waals surface area contributed by atoms with Gasteiger partial charge in [-0.2, -0.15) is 0 Å². The van der Waals surface area contributed by atoms with Crippen LogP contribution in [-0.4, -0.2) is 18.0 Å². The number of hydrogen-bond acceptors (Lipinski definition) is 4. The van der Waals surface area contributed by atoms with Gasteiger partial charge in [-0.3, -0.25) is 14.4 Å². The fraction of sp³-hybridized carbons (Fsp3) is 0.167. The summed E-state index contributed by atoms with van der Waals surface area (Å²) in [6.45, 7) is 1.87. The van der Waals surface area contributed by atoms with Crippen molar-refractivity contribution in [3.63, 3.8) is 0 Å². The first-order valence-corrected chi connectivity index (χ1v) is 6.99. The Balaban J connectivity index is 2.38. The molecule has 0 unspecified atom stereocenters. The molecule has 0 heterocycles. The number of para-hydroxylation sites is 1. The Morgan fingerprint density at radius 1 is 1.00 bits per heavy atom. The molecule has 0 saturated carbocycles. The lowest BCUT2D eigenvalue weighted by molar-refractivity contribution is -0.134. The fourth-order valence-corrected chi connectivity index (χ4v) is 2.04. The maximum absolute atomic E-state index is 12.6. The van der Waals surface area contributed by atoms with Crippen LogP contribution in [0.25, 0.3) is 0 Å². The van der Waals surface area contributed by atoms with Crippen LogP contribution in [0.15, 0.2) is 48.5 Å². The first-order chi connectivity index (χ1) is 10.7. The Morgan fingerprint density at radius 2 is 1.64 bits per heavy atom. The highest BCUT2D eigenvalue weighted by Crippen LogP contribution is 2.23. The van der Waals surface area contributed by atoms with E-state index in [1.807, 2.05) is 6.92 Å². The number of ether oxygens (including phenoxy) is 1. The molecule has 0 saturated heterocycles. The molecule has 1 radical (unpaired) electrons. The molecule has 22 heavy (non-hydrogen) atoms. The fourth-order valence-electron chi connectivity index (χ4n) is 2.04. The predicted octanol–water partition coefficient (Wildman–Crippen LogP) is 3.08. The van der Waals surface area contributed by atoms with E-state index in [0.29, 0.717) is 6.42 Å². The topological polar surface area (TPSA) is 60.4 Å². The zero-order chi connectivity index (χ0) is 15.9. The molecule has 4 nitrogen and oxygen atoms in total. The molecule has 0 spiro atoms. The van der Waals surface area contributed by atoms with Crippen LogP contribution in [0.3, 0.4) is 0 Å². The lowest BCUT2D eigenvalue weighted by Crippen LogP contribution is -2.12. The van der Waals surface area contributed by atoms with E-state index < -0.39 is 5.97 Å². The van der Waals surface area contributed by atoms with Crippen molar-refractivity contribution in [2.75, 3.05) is 0 Å². The second-order valence-electron chi connectivity index (χ2n) is 4.70. The molecule has 0 atom stereocenters. The second kappa shape index (κ2) is 7.31. The van der Waals surface area contributed by atoms with E-state index in [0.717, 1.165) is 0 Å². The summed E-state index contributed by atoms with van der Waals surface area (Å²) < 4.78 is 5.24. The minimum atomic E-state index is -0.391. The number of ketones is 1. The lowest BCUT2D eigenvalue weighted by atomic mass is 9.98. The van der Waals surface area contributed by atoms with Crippen molar-refractivity contribution in [1.82, 2.24) is 0 Å². The van der Waals surface area contributed by atoms with Gasteiger partial charge in [0, 0.05) is 17.5 Å². The molecular formula is C18H15O4. The molecule has 0 aliphatic rings. The quantitative estimate of drug-likeness (QED) is 0.467. The zero-order valence-corrected chi connectivity index (χ0v) is 12.2. The van der Waals surface area contributed by atoms with Gasteiger partial charge in [-0.1, -0.05) is 43.3 Å². The van der Waals surface area contributed by atoms with Gasteiger partial charge in [0.15, 0.2) is 5.78 Å². The van der Waals surface area contributed by atoms with Crippen LogP contribution >= 0.6 is 0 Å². The summed E-state index contributed by atoms with van der Waals surface area (Å²) >= 11 is 0. The summed E-state index contributed by atoms with van der Waals surface area (Å²) in [5.41, 5.74) is 0.660. The molecule has 2 aromatic rings. The molecule has 0 aliphatic heterocycles. The van der Waals surface area contributed by atoms with Crippen molar-refractivity contribution < 1.29 is 19.1 Å². The van der Waals surface area contributed by atoms with Crippen LogP contribution in [0.4, 0.5) is 0 Å². The molecule has 4 heteroatoms. The normalized spacial score (nSPS) is 10.0. The molecule has 0 aromatic heterocycles. The van der Waals surface area contributed by atoms with E-state index in [9.17, 15) is 14.4 Å². The molecule has 2 aromatic carbocycles. The highest BCUT2D eigenvalue weighted by Gasteiger charge is 2.18. The van der Waals surface area contributed by atoms with E-state index >= 15 is 0 Å². The molecule has 111 valence electrons. The zero-order valence-electron chi connectivity index (χ0n) is 12.2. The number of esters is 1. The van der Waals surface area contributed by atoms with Crippen molar-refractivity contribution >= 4 is 18.0 Å². The number of carbonyl (C=O) groups excluding carboxylic acids is 3. The van der Waals surface area contributed by atoms with Crippen molar-refractivity contribution in [1.29, 1.82) is 0 Å². The van der Waals surface area contributed by atoms with Crippen molar-refractivity contribution in [3.8, 4) is 5.75 Å². The number of carbonyl (C=O) groups is 2. The lowest BCUT2D eigenvalue weighted by Gasteiger charge is -2.10. The Bertz CT molecular complexity index is 704. The minimum absolute atomic E-state index is 0.183. The third-order valence-electron chi connectivity index (χ3n) is 3.09. The van der Waals surface area contributed by atoms with Crippen LogP contribution in [-0.2, 0) is 9.59 Å². The minimum Gasteiger partial charge on any atom is -0.426 e. The molecule has 2 rings (SSSR count).